The summed E-state index contributed by atoms with van der Waals surface area (Å²) < 4.78 is 10.5. The van der Waals surface area contributed by atoms with Crippen molar-refractivity contribution < 1.29 is 9.47 Å². The highest BCUT2D eigenvalue weighted by Crippen LogP contribution is 2.45. The Morgan fingerprint density at radius 2 is 1.62 bits per heavy atom. The van der Waals surface area contributed by atoms with Crippen molar-refractivity contribution in [1.82, 2.24) is 0 Å². The molecule has 1 aliphatic rings. The smallest absolute Gasteiger partial charge is 0.122 e. The Morgan fingerprint density at radius 1 is 1.12 bits per heavy atom. The van der Waals surface area contributed by atoms with E-state index >= 15 is 0 Å². The van der Waals surface area contributed by atoms with Crippen LogP contribution >= 0.6 is 0 Å². The third-order valence-corrected chi connectivity index (χ3v) is 3.40. The van der Waals surface area contributed by atoms with Crippen LogP contribution in [0, 0.1) is 5.92 Å². The van der Waals surface area contributed by atoms with Crippen molar-refractivity contribution in [2.24, 2.45) is 11.7 Å². The van der Waals surface area contributed by atoms with Crippen molar-refractivity contribution in [1.29, 1.82) is 0 Å². The summed E-state index contributed by atoms with van der Waals surface area (Å²) >= 11 is 0. The molecule has 0 aromatic heterocycles. The normalized spacial score (nSPS) is 19.0. The molecule has 1 unspecified atom stereocenters. The van der Waals surface area contributed by atoms with Gasteiger partial charge in [-0.15, -0.1) is 0 Å². The number of hydrogen-bond acceptors (Lipinski definition) is 3. The molecule has 3 nitrogen and oxygen atoms in total. The number of rotatable bonds is 4. The molecule has 1 aliphatic carbocycles. The summed E-state index contributed by atoms with van der Waals surface area (Å²) in [4.78, 5) is 0. The predicted molar refractivity (Wildman–Crippen MR) is 63.8 cm³/mol. The maximum absolute atomic E-state index is 6.38. The summed E-state index contributed by atoms with van der Waals surface area (Å²) in [6, 6.07) is 5.87. The zero-order chi connectivity index (χ0) is 11.8. The van der Waals surface area contributed by atoms with Gasteiger partial charge in [0.15, 0.2) is 0 Å². The van der Waals surface area contributed by atoms with Gasteiger partial charge < -0.3 is 15.2 Å². The molecule has 2 N–H and O–H groups in total. The highest BCUT2D eigenvalue weighted by atomic mass is 16.5. The first-order valence-corrected chi connectivity index (χ1v) is 5.60. The molecule has 0 spiro atoms. The van der Waals surface area contributed by atoms with Gasteiger partial charge in [-0.3, -0.25) is 0 Å². The molecule has 1 fully saturated rings. The summed E-state index contributed by atoms with van der Waals surface area (Å²) in [5.74, 6) is 2.18. The average molecular weight is 221 g/mol. The van der Waals surface area contributed by atoms with Gasteiger partial charge in [0.05, 0.1) is 14.2 Å². The zero-order valence-corrected chi connectivity index (χ0v) is 10.1. The largest absolute Gasteiger partial charge is 0.497 e. The Labute approximate surface area is 96.5 Å². The van der Waals surface area contributed by atoms with Gasteiger partial charge in [0, 0.05) is 11.6 Å². The molecule has 1 aromatic carbocycles. The fourth-order valence-corrected chi connectivity index (χ4v) is 2.04. The SMILES string of the molecule is COc1cc(OC)cc(C(C)(N)C2CC2)c1. The zero-order valence-electron chi connectivity index (χ0n) is 10.1. The molecule has 0 heterocycles. The average Bonchev–Trinajstić information content (AvgIpc) is 3.12. The van der Waals surface area contributed by atoms with Gasteiger partial charge in [0.1, 0.15) is 11.5 Å². The van der Waals surface area contributed by atoms with E-state index in [0.29, 0.717) is 5.92 Å². The van der Waals surface area contributed by atoms with E-state index < -0.39 is 0 Å². The molecule has 0 aliphatic heterocycles. The minimum atomic E-state index is -0.276. The summed E-state index contributed by atoms with van der Waals surface area (Å²) in [5.41, 5.74) is 7.19. The van der Waals surface area contributed by atoms with E-state index in [0.717, 1.165) is 17.1 Å². The van der Waals surface area contributed by atoms with E-state index in [-0.39, 0.29) is 5.54 Å². The minimum Gasteiger partial charge on any atom is -0.497 e. The second-order valence-electron chi connectivity index (χ2n) is 4.66. The molecule has 3 heteroatoms. The molecule has 1 saturated carbocycles. The van der Waals surface area contributed by atoms with Crippen LogP contribution in [0.3, 0.4) is 0 Å². The topological polar surface area (TPSA) is 44.5 Å². The first kappa shape index (κ1) is 11.3. The van der Waals surface area contributed by atoms with Crippen molar-refractivity contribution in [3.63, 3.8) is 0 Å². The Kier molecular flexibility index (Phi) is 2.80. The highest BCUT2D eigenvalue weighted by molar-refractivity contribution is 5.42. The van der Waals surface area contributed by atoms with Gasteiger partial charge in [-0.2, -0.15) is 0 Å². The first-order valence-electron chi connectivity index (χ1n) is 5.60. The maximum atomic E-state index is 6.38. The molecular weight excluding hydrogens is 202 g/mol. The number of nitrogens with two attached hydrogens (primary N) is 1. The van der Waals surface area contributed by atoms with E-state index in [1.54, 1.807) is 14.2 Å². The fraction of sp³-hybridized carbons (Fsp3) is 0.538. The molecule has 0 saturated heterocycles. The molecule has 0 bridgehead atoms. The Hall–Kier alpha value is -1.22. The van der Waals surface area contributed by atoms with Gasteiger partial charge in [-0.1, -0.05) is 0 Å². The van der Waals surface area contributed by atoms with Gasteiger partial charge in [0.25, 0.3) is 0 Å². The number of ether oxygens (including phenoxy) is 2. The lowest BCUT2D eigenvalue weighted by molar-refractivity contribution is 0.381. The number of methoxy groups -OCH3 is 2. The van der Waals surface area contributed by atoms with Crippen LogP contribution in [0.25, 0.3) is 0 Å². The van der Waals surface area contributed by atoms with Crippen molar-refractivity contribution in [2.45, 2.75) is 25.3 Å². The lowest BCUT2D eigenvalue weighted by Gasteiger charge is -2.26. The summed E-state index contributed by atoms with van der Waals surface area (Å²) in [5, 5.41) is 0. The van der Waals surface area contributed by atoms with E-state index in [9.17, 15) is 0 Å². The predicted octanol–water partition coefficient (Wildman–Crippen LogP) is 2.29. The van der Waals surface area contributed by atoms with Crippen LogP contribution in [0.1, 0.15) is 25.3 Å². The third-order valence-electron chi connectivity index (χ3n) is 3.40. The minimum absolute atomic E-state index is 0.276. The molecule has 88 valence electrons. The van der Waals surface area contributed by atoms with E-state index in [1.807, 2.05) is 18.2 Å². The molecule has 2 rings (SSSR count). The lowest BCUT2D eigenvalue weighted by atomic mass is 9.88. The van der Waals surface area contributed by atoms with Crippen LogP contribution in [-0.4, -0.2) is 14.2 Å². The second-order valence-corrected chi connectivity index (χ2v) is 4.66. The molecular formula is C13H19NO2. The third kappa shape index (κ3) is 2.00. The number of benzene rings is 1. The fourth-order valence-electron chi connectivity index (χ4n) is 2.04. The van der Waals surface area contributed by atoms with Crippen LogP contribution in [0.5, 0.6) is 11.5 Å². The summed E-state index contributed by atoms with van der Waals surface area (Å²) in [6.07, 6.45) is 2.43. The van der Waals surface area contributed by atoms with Crippen LogP contribution < -0.4 is 15.2 Å². The van der Waals surface area contributed by atoms with Gasteiger partial charge >= 0.3 is 0 Å². The van der Waals surface area contributed by atoms with Gasteiger partial charge in [0.2, 0.25) is 0 Å². The van der Waals surface area contributed by atoms with Crippen LogP contribution in [0.15, 0.2) is 18.2 Å². The van der Waals surface area contributed by atoms with Crippen molar-refractivity contribution in [3.05, 3.63) is 23.8 Å². The Bertz CT molecular complexity index is 361. The Balaban J connectivity index is 2.38. The van der Waals surface area contributed by atoms with Gasteiger partial charge in [-0.05, 0) is 43.4 Å². The van der Waals surface area contributed by atoms with Crippen molar-refractivity contribution >= 4 is 0 Å². The monoisotopic (exact) mass is 221 g/mol. The molecule has 0 amide bonds. The summed E-state index contributed by atoms with van der Waals surface area (Å²) in [6.45, 7) is 2.08. The molecule has 0 radical (unpaired) electrons. The molecule has 16 heavy (non-hydrogen) atoms. The van der Waals surface area contributed by atoms with Crippen molar-refractivity contribution in [2.75, 3.05) is 14.2 Å². The first-order chi connectivity index (χ1) is 7.57. The van der Waals surface area contributed by atoms with E-state index in [1.165, 1.54) is 12.8 Å². The molecule has 1 atom stereocenters. The quantitative estimate of drug-likeness (QED) is 0.848. The van der Waals surface area contributed by atoms with Gasteiger partial charge in [-0.25, -0.2) is 0 Å². The standard InChI is InChI=1S/C13H19NO2/c1-13(14,9-4-5-9)10-6-11(15-2)8-12(7-10)16-3/h6-9H,4-5,14H2,1-3H3. The second kappa shape index (κ2) is 3.98. The van der Waals surface area contributed by atoms with Crippen LogP contribution in [0.2, 0.25) is 0 Å². The van der Waals surface area contributed by atoms with Crippen LogP contribution in [-0.2, 0) is 5.54 Å². The summed E-state index contributed by atoms with van der Waals surface area (Å²) in [7, 11) is 3.31. The highest BCUT2D eigenvalue weighted by Gasteiger charge is 2.40. The maximum Gasteiger partial charge on any atom is 0.122 e. The van der Waals surface area contributed by atoms with E-state index in [2.05, 4.69) is 6.92 Å². The van der Waals surface area contributed by atoms with E-state index in [4.69, 9.17) is 15.2 Å². The van der Waals surface area contributed by atoms with Crippen LogP contribution in [0.4, 0.5) is 0 Å². The Morgan fingerprint density at radius 3 is 2.00 bits per heavy atom. The number of hydrogen-bond donors (Lipinski definition) is 1. The molecule has 1 aromatic rings. The lowest BCUT2D eigenvalue weighted by Crippen LogP contribution is -2.35. The van der Waals surface area contributed by atoms with Crippen molar-refractivity contribution in [3.8, 4) is 11.5 Å².